The third-order valence-electron chi connectivity index (χ3n) is 3.53. The average molecular weight is 251 g/mol. The highest BCUT2D eigenvalue weighted by Crippen LogP contribution is 2.20. The fraction of sp³-hybridized carbons (Fsp3) is 0.571. The molecule has 0 radical (unpaired) electrons. The SMILES string of the molecule is NCCN1CC(N)CC(Cc2ccc(F)cc2)C1. The topological polar surface area (TPSA) is 55.3 Å². The second-order valence-electron chi connectivity index (χ2n) is 5.24. The zero-order valence-electron chi connectivity index (χ0n) is 10.7. The molecule has 1 aromatic carbocycles. The smallest absolute Gasteiger partial charge is 0.123 e. The molecule has 0 amide bonds. The van der Waals surface area contributed by atoms with Crippen LogP contribution in [-0.2, 0) is 6.42 Å². The zero-order chi connectivity index (χ0) is 13.0. The summed E-state index contributed by atoms with van der Waals surface area (Å²) in [6.45, 7) is 3.57. The van der Waals surface area contributed by atoms with Gasteiger partial charge in [0.15, 0.2) is 0 Å². The largest absolute Gasteiger partial charge is 0.329 e. The van der Waals surface area contributed by atoms with Crippen LogP contribution < -0.4 is 11.5 Å². The van der Waals surface area contributed by atoms with Crippen molar-refractivity contribution in [2.45, 2.75) is 18.9 Å². The van der Waals surface area contributed by atoms with Gasteiger partial charge in [0.05, 0.1) is 0 Å². The Hall–Kier alpha value is -0.970. The van der Waals surface area contributed by atoms with E-state index in [1.54, 1.807) is 0 Å². The van der Waals surface area contributed by atoms with Crippen molar-refractivity contribution in [1.82, 2.24) is 4.90 Å². The lowest BCUT2D eigenvalue weighted by Gasteiger charge is -2.36. The van der Waals surface area contributed by atoms with Gasteiger partial charge in [-0.25, -0.2) is 4.39 Å². The first kappa shape index (κ1) is 13.5. The Balaban J connectivity index is 1.93. The maximum absolute atomic E-state index is 12.8. The Kier molecular flexibility index (Phi) is 4.69. The van der Waals surface area contributed by atoms with Gasteiger partial charge in [-0.3, -0.25) is 0 Å². The lowest BCUT2D eigenvalue weighted by molar-refractivity contribution is 0.160. The number of benzene rings is 1. The first-order valence-electron chi connectivity index (χ1n) is 6.60. The summed E-state index contributed by atoms with van der Waals surface area (Å²) in [5.41, 5.74) is 12.9. The van der Waals surface area contributed by atoms with Crippen molar-refractivity contribution in [3.8, 4) is 0 Å². The molecule has 2 unspecified atom stereocenters. The lowest BCUT2D eigenvalue weighted by Crippen LogP contribution is -2.48. The number of halogens is 1. The third-order valence-corrected chi connectivity index (χ3v) is 3.53. The Morgan fingerprint density at radius 2 is 1.94 bits per heavy atom. The highest BCUT2D eigenvalue weighted by molar-refractivity contribution is 5.16. The summed E-state index contributed by atoms with van der Waals surface area (Å²) in [6, 6.07) is 7.01. The molecule has 2 atom stereocenters. The van der Waals surface area contributed by atoms with E-state index in [0.29, 0.717) is 12.5 Å². The van der Waals surface area contributed by atoms with Crippen molar-refractivity contribution in [3.63, 3.8) is 0 Å². The van der Waals surface area contributed by atoms with Crippen molar-refractivity contribution in [2.24, 2.45) is 17.4 Å². The second-order valence-corrected chi connectivity index (χ2v) is 5.24. The molecule has 1 heterocycles. The monoisotopic (exact) mass is 251 g/mol. The fourth-order valence-electron chi connectivity index (χ4n) is 2.82. The molecule has 0 spiro atoms. The first-order chi connectivity index (χ1) is 8.67. The number of nitrogens with zero attached hydrogens (tertiary/aromatic N) is 1. The van der Waals surface area contributed by atoms with E-state index in [2.05, 4.69) is 4.90 Å². The molecule has 1 aliphatic heterocycles. The highest BCUT2D eigenvalue weighted by atomic mass is 19.1. The first-order valence-corrected chi connectivity index (χ1v) is 6.60. The summed E-state index contributed by atoms with van der Waals surface area (Å²) < 4.78 is 12.8. The van der Waals surface area contributed by atoms with Crippen LogP contribution in [0.1, 0.15) is 12.0 Å². The highest BCUT2D eigenvalue weighted by Gasteiger charge is 2.24. The molecule has 2 rings (SSSR count). The van der Waals surface area contributed by atoms with Gasteiger partial charge in [-0.2, -0.15) is 0 Å². The molecular weight excluding hydrogens is 229 g/mol. The molecule has 0 saturated carbocycles. The van der Waals surface area contributed by atoms with Crippen molar-refractivity contribution in [1.29, 1.82) is 0 Å². The predicted octanol–water partition coefficient (Wildman–Crippen LogP) is 0.976. The molecule has 1 saturated heterocycles. The van der Waals surface area contributed by atoms with Crippen LogP contribution in [0.2, 0.25) is 0 Å². The quantitative estimate of drug-likeness (QED) is 0.838. The van der Waals surface area contributed by atoms with E-state index >= 15 is 0 Å². The Morgan fingerprint density at radius 3 is 2.61 bits per heavy atom. The third kappa shape index (κ3) is 3.77. The van der Waals surface area contributed by atoms with Crippen LogP contribution in [-0.4, -0.2) is 37.1 Å². The van der Waals surface area contributed by atoms with Crippen molar-refractivity contribution in [3.05, 3.63) is 35.6 Å². The van der Waals surface area contributed by atoms with E-state index in [1.807, 2.05) is 12.1 Å². The fourth-order valence-corrected chi connectivity index (χ4v) is 2.82. The molecular formula is C14H22FN3. The van der Waals surface area contributed by atoms with Gasteiger partial charge in [-0.1, -0.05) is 12.1 Å². The van der Waals surface area contributed by atoms with Crippen LogP contribution in [0.5, 0.6) is 0 Å². The molecule has 1 aliphatic rings. The average Bonchev–Trinajstić information content (AvgIpc) is 2.32. The molecule has 1 aromatic rings. The van der Waals surface area contributed by atoms with Crippen molar-refractivity contribution < 1.29 is 4.39 Å². The summed E-state index contributed by atoms with van der Waals surface area (Å²) in [5, 5.41) is 0. The van der Waals surface area contributed by atoms with Gasteiger partial charge in [0.25, 0.3) is 0 Å². The Labute approximate surface area is 108 Å². The number of hydrogen-bond acceptors (Lipinski definition) is 3. The zero-order valence-corrected chi connectivity index (χ0v) is 10.7. The molecule has 4 heteroatoms. The van der Waals surface area contributed by atoms with Crippen LogP contribution in [0.3, 0.4) is 0 Å². The summed E-state index contributed by atoms with van der Waals surface area (Å²) >= 11 is 0. The summed E-state index contributed by atoms with van der Waals surface area (Å²) in [5.74, 6) is 0.370. The van der Waals surface area contributed by atoms with Crippen molar-refractivity contribution in [2.75, 3.05) is 26.2 Å². The van der Waals surface area contributed by atoms with Gasteiger partial charge in [0.2, 0.25) is 0 Å². The van der Waals surface area contributed by atoms with E-state index in [1.165, 1.54) is 17.7 Å². The van der Waals surface area contributed by atoms with Gasteiger partial charge in [0, 0.05) is 32.2 Å². The summed E-state index contributed by atoms with van der Waals surface area (Å²) in [6.07, 6.45) is 2.01. The van der Waals surface area contributed by atoms with Crippen LogP contribution in [0, 0.1) is 11.7 Å². The van der Waals surface area contributed by atoms with Crippen molar-refractivity contribution >= 4 is 0 Å². The van der Waals surface area contributed by atoms with E-state index < -0.39 is 0 Å². The number of piperidine rings is 1. The molecule has 3 nitrogen and oxygen atoms in total. The van der Waals surface area contributed by atoms with E-state index in [-0.39, 0.29) is 11.9 Å². The molecule has 18 heavy (non-hydrogen) atoms. The Bertz CT molecular complexity index is 366. The van der Waals surface area contributed by atoms with Gasteiger partial charge in [-0.05, 0) is 36.5 Å². The summed E-state index contributed by atoms with van der Waals surface area (Å²) in [7, 11) is 0. The molecule has 0 bridgehead atoms. The van der Waals surface area contributed by atoms with Crippen LogP contribution >= 0.6 is 0 Å². The second kappa shape index (κ2) is 6.27. The molecule has 4 N–H and O–H groups in total. The van der Waals surface area contributed by atoms with Gasteiger partial charge in [-0.15, -0.1) is 0 Å². The maximum atomic E-state index is 12.8. The van der Waals surface area contributed by atoms with Crippen LogP contribution in [0.25, 0.3) is 0 Å². The van der Waals surface area contributed by atoms with E-state index in [4.69, 9.17) is 11.5 Å². The minimum absolute atomic E-state index is 0.177. The number of likely N-dealkylation sites (tertiary alicyclic amines) is 1. The predicted molar refractivity (Wildman–Crippen MR) is 71.7 cm³/mol. The van der Waals surface area contributed by atoms with Crippen LogP contribution in [0.4, 0.5) is 4.39 Å². The molecule has 1 fully saturated rings. The maximum Gasteiger partial charge on any atom is 0.123 e. The van der Waals surface area contributed by atoms with Gasteiger partial charge >= 0.3 is 0 Å². The summed E-state index contributed by atoms with van der Waals surface area (Å²) in [4.78, 5) is 2.34. The lowest BCUT2D eigenvalue weighted by atomic mass is 9.89. The minimum atomic E-state index is -0.177. The Morgan fingerprint density at radius 1 is 1.22 bits per heavy atom. The van der Waals surface area contributed by atoms with E-state index in [0.717, 1.165) is 32.5 Å². The van der Waals surface area contributed by atoms with E-state index in [9.17, 15) is 4.39 Å². The number of nitrogens with two attached hydrogens (primary N) is 2. The van der Waals surface area contributed by atoms with Gasteiger partial charge < -0.3 is 16.4 Å². The number of rotatable bonds is 4. The normalized spacial score (nSPS) is 25.3. The van der Waals surface area contributed by atoms with Gasteiger partial charge in [0.1, 0.15) is 5.82 Å². The molecule has 100 valence electrons. The standard InChI is InChI=1S/C14H22FN3/c15-13-3-1-11(2-4-13)7-12-8-14(17)10-18(9-12)6-5-16/h1-4,12,14H,5-10,16-17H2. The molecule has 0 aromatic heterocycles. The minimum Gasteiger partial charge on any atom is -0.329 e. The number of hydrogen-bond donors (Lipinski definition) is 2. The van der Waals surface area contributed by atoms with Crippen LogP contribution in [0.15, 0.2) is 24.3 Å². The molecule has 0 aliphatic carbocycles.